The fraction of sp³-hybridized carbons (Fsp3) is 1.00. The van der Waals surface area contributed by atoms with Crippen LogP contribution >= 0.6 is 0 Å². The molecular formula is C10H19NO2. The van der Waals surface area contributed by atoms with Crippen molar-refractivity contribution in [3.05, 3.63) is 0 Å². The maximum Gasteiger partial charge on any atom is 0.0939 e. The Balaban J connectivity index is 1.90. The Hall–Kier alpha value is -0.120. The third-order valence-corrected chi connectivity index (χ3v) is 3.24. The summed E-state index contributed by atoms with van der Waals surface area (Å²) in [6.45, 7) is 3.37. The number of ether oxygens (including phenoxy) is 2. The zero-order chi connectivity index (χ0) is 9.15. The predicted octanol–water partition coefficient (Wildman–Crippen LogP) is 0.921. The number of nitrogens with two attached hydrogens (primary N) is 1. The molecule has 2 unspecified atom stereocenters. The molecule has 2 N–H and O–H groups in total. The molecule has 2 aliphatic rings. The van der Waals surface area contributed by atoms with Crippen LogP contribution in [0.5, 0.6) is 0 Å². The van der Waals surface area contributed by atoms with Crippen LogP contribution in [0.4, 0.5) is 0 Å². The Bertz CT molecular complexity index is 164. The highest BCUT2D eigenvalue weighted by Gasteiger charge is 2.40. The minimum absolute atomic E-state index is 0.0675. The van der Waals surface area contributed by atoms with Crippen molar-refractivity contribution in [2.75, 3.05) is 26.4 Å². The number of hydrogen-bond acceptors (Lipinski definition) is 3. The maximum atomic E-state index is 5.84. The van der Waals surface area contributed by atoms with E-state index >= 15 is 0 Å². The standard InChI is InChI=1S/C10H19NO2/c11-4-1-9-2-5-13-10(7-9)3-6-12-8-10/h9H,1-8,11H2. The quantitative estimate of drug-likeness (QED) is 0.695. The average Bonchev–Trinajstić information content (AvgIpc) is 2.54. The minimum atomic E-state index is 0.0675. The van der Waals surface area contributed by atoms with Gasteiger partial charge in [0, 0.05) is 19.6 Å². The Labute approximate surface area is 79.6 Å². The molecule has 0 aromatic heterocycles. The molecule has 3 heteroatoms. The van der Waals surface area contributed by atoms with Gasteiger partial charge in [-0.1, -0.05) is 0 Å². The van der Waals surface area contributed by atoms with Gasteiger partial charge in [0.25, 0.3) is 0 Å². The highest BCUT2D eigenvalue weighted by molar-refractivity contribution is 4.90. The molecule has 0 aromatic rings. The molecular weight excluding hydrogens is 166 g/mol. The van der Waals surface area contributed by atoms with E-state index in [9.17, 15) is 0 Å². The van der Waals surface area contributed by atoms with Crippen LogP contribution in [0.3, 0.4) is 0 Å². The lowest BCUT2D eigenvalue weighted by Crippen LogP contribution is -2.40. The lowest BCUT2D eigenvalue weighted by Gasteiger charge is -2.37. The topological polar surface area (TPSA) is 44.5 Å². The summed E-state index contributed by atoms with van der Waals surface area (Å²) in [7, 11) is 0. The lowest BCUT2D eigenvalue weighted by molar-refractivity contribution is -0.0984. The van der Waals surface area contributed by atoms with Gasteiger partial charge in [0.2, 0.25) is 0 Å². The zero-order valence-corrected chi connectivity index (χ0v) is 8.13. The van der Waals surface area contributed by atoms with E-state index < -0.39 is 0 Å². The second kappa shape index (κ2) is 3.95. The van der Waals surface area contributed by atoms with E-state index in [2.05, 4.69) is 0 Å². The van der Waals surface area contributed by atoms with E-state index in [1.165, 1.54) is 6.42 Å². The van der Waals surface area contributed by atoms with Crippen molar-refractivity contribution in [2.45, 2.75) is 31.3 Å². The van der Waals surface area contributed by atoms with Gasteiger partial charge < -0.3 is 15.2 Å². The van der Waals surface area contributed by atoms with Gasteiger partial charge in [-0.3, -0.25) is 0 Å². The van der Waals surface area contributed by atoms with Crippen molar-refractivity contribution in [3.63, 3.8) is 0 Å². The van der Waals surface area contributed by atoms with Crippen molar-refractivity contribution >= 4 is 0 Å². The molecule has 0 saturated carbocycles. The van der Waals surface area contributed by atoms with Crippen LogP contribution in [0.2, 0.25) is 0 Å². The van der Waals surface area contributed by atoms with Crippen molar-refractivity contribution in [1.82, 2.24) is 0 Å². The molecule has 2 saturated heterocycles. The first-order chi connectivity index (χ1) is 6.35. The van der Waals surface area contributed by atoms with Gasteiger partial charge in [0.15, 0.2) is 0 Å². The number of hydrogen-bond donors (Lipinski definition) is 1. The zero-order valence-electron chi connectivity index (χ0n) is 8.13. The highest BCUT2D eigenvalue weighted by Crippen LogP contribution is 2.36. The molecule has 0 aliphatic carbocycles. The SMILES string of the molecule is NCCC1CCOC2(CCOC2)C1. The van der Waals surface area contributed by atoms with Gasteiger partial charge in [-0.15, -0.1) is 0 Å². The van der Waals surface area contributed by atoms with Gasteiger partial charge in [0.05, 0.1) is 12.2 Å². The summed E-state index contributed by atoms with van der Waals surface area (Å²) in [5.41, 5.74) is 5.64. The van der Waals surface area contributed by atoms with Gasteiger partial charge in [-0.2, -0.15) is 0 Å². The first-order valence-corrected chi connectivity index (χ1v) is 5.26. The van der Waals surface area contributed by atoms with Crippen molar-refractivity contribution < 1.29 is 9.47 Å². The van der Waals surface area contributed by atoms with E-state index in [4.69, 9.17) is 15.2 Å². The average molecular weight is 185 g/mol. The summed E-state index contributed by atoms with van der Waals surface area (Å²) in [6.07, 6.45) is 4.56. The Morgan fingerprint density at radius 1 is 1.38 bits per heavy atom. The maximum absolute atomic E-state index is 5.84. The fourth-order valence-corrected chi connectivity index (χ4v) is 2.47. The molecule has 2 atom stereocenters. The van der Waals surface area contributed by atoms with Crippen molar-refractivity contribution in [3.8, 4) is 0 Å². The van der Waals surface area contributed by atoms with Crippen LogP contribution in [0.1, 0.15) is 25.7 Å². The third kappa shape index (κ3) is 2.03. The Morgan fingerprint density at radius 3 is 3.00 bits per heavy atom. The molecule has 2 rings (SSSR count). The van der Waals surface area contributed by atoms with E-state index in [0.717, 1.165) is 51.5 Å². The van der Waals surface area contributed by atoms with Crippen molar-refractivity contribution in [2.24, 2.45) is 11.7 Å². The smallest absolute Gasteiger partial charge is 0.0939 e. The van der Waals surface area contributed by atoms with E-state index in [1.54, 1.807) is 0 Å². The van der Waals surface area contributed by atoms with Crippen LogP contribution in [0.15, 0.2) is 0 Å². The molecule has 0 bridgehead atoms. The van der Waals surface area contributed by atoms with Crippen LogP contribution in [-0.4, -0.2) is 32.0 Å². The van der Waals surface area contributed by atoms with Gasteiger partial charge in [-0.25, -0.2) is 0 Å². The summed E-state index contributed by atoms with van der Waals surface area (Å²) in [5.74, 6) is 0.764. The monoisotopic (exact) mass is 185 g/mol. The Kier molecular flexibility index (Phi) is 2.86. The lowest BCUT2D eigenvalue weighted by atomic mass is 9.83. The summed E-state index contributed by atoms with van der Waals surface area (Å²) in [4.78, 5) is 0. The highest BCUT2D eigenvalue weighted by atomic mass is 16.6. The second-order valence-corrected chi connectivity index (χ2v) is 4.27. The summed E-state index contributed by atoms with van der Waals surface area (Å²) in [5, 5.41) is 0. The summed E-state index contributed by atoms with van der Waals surface area (Å²) in [6, 6.07) is 0. The summed E-state index contributed by atoms with van der Waals surface area (Å²) >= 11 is 0. The third-order valence-electron chi connectivity index (χ3n) is 3.24. The van der Waals surface area contributed by atoms with Gasteiger partial charge >= 0.3 is 0 Å². The molecule has 0 radical (unpaired) electrons. The molecule has 0 amide bonds. The van der Waals surface area contributed by atoms with Gasteiger partial charge in [-0.05, 0) is 31.7 Å². The first kappa shape index (κ1) is 9.44. The second-order valence-electron chi connectivity index (χ2n) is 4.27. The normalized spacial score (nSPS) is 39.9. The summed E-state index contributed by atoms with van der Waals surface area (Å²) < 4.78 is 11.2. The van der Waals surface area contributed by atoms with Crippen LogP contribution in [-0.2, 0) is 9.47 Å². The van der Waals surface area contributed by atoms with E-state index in [-0.39, 0.29) is 5.60 Å². The first-order valence-electron chi connectivity index (χ1n) is 5.26. The molecule has 1 spiro atoms. The predicted molar refractivity (Wildman–Crippen MR) is 50.5 cm³/mol. The minimum Gasteiger partial charge on any atom is -0.378 e. The van der Waals surface area contributed by atoms with E-state index in [0.29, 0.717) is 0 Å². The van der Waals surface area contributed by atoms with E-state index in [1.807, 2.05) is 0 Å². The molecule has 2 fully saturated rings. The largest absolute Gasteiger partial charge is 0.378 e. The number of rotatable bonds is 2. The van der Waals surface area contributed by atoms with Gasteiger partial charge in [0.1, 0.15) is 0 Å². The van der Waals surface area contributed by atoms with Crippen LogP contribution < -0.4 is 5.73 Å². The molecule has 13 heavy (non-hydrogen) atoms. The molecule has 3 nitrogen and oxygen atoms in total. The van der Waals surface area contributed by atoms with Crippen LogP contribution in [0, 0.1) is 5.92 Å². The molecule has 2 heterocycles. The fourth-order valence-electron chi connectivity index (χ4n) is 2.47. The van der Waals surface area contributed by atoms with Crippen LogP contribution in [0.25, 0.3) is 0 Å². The molecule has 76 valence electrons. The Morgan fingerprint density at radius 2 is 2.31 bits per heavy atom. The molecule has 0 aromatic carbocycles. The van der Waals surface area contributed by atoms with Crippen molar-refractivity contribution in [1.29, 1.82) is 0 Å². The molecule has 2 aliphatic heterocycles.